The average Bonchev–Trinajstić information content (AvgIpc) is 3.15. The highest BCUT2D eigenvalue weighted by molar-refractivity contribution is 7.17. The molecule has 0 saturated heterocycles. The molecule has 30 heavy (non-hydrogen) atoms. The standard InChI is InChI=1S/C23H24N4O2S/c1-3-27(15-24)22(28)20(12-18-14-30-21-10-5-4-9-19(18)21)26-23(29)25-13-17-8-6-7-16(2)11-17/h4-11,14,20H,3,12-13H2,1-2H3,(H2,25,26,29). The Kier molecular flexibility index (Phi) is 7.04. The van der Waals surface area contributed by atoms with E-state index in [4.69, 9.17) is 0 Å². The van der Waals surface area contributed by atoms with Crippen LogP contribution in [0.25, 0.3) is 10.1 Å². The minimum atomic E-state index is -0.833. The Bertz CT molecular complexity index is 1090. The van der Waals surface area contributed by atoms with Gasteiger partial charge in [-0.3, -0.25) is 4.79 Å². The van der Waals surface area contributed by atoms with Crippen molar-refractivity contribution in [3.63, 3.8) is 0 Å². The topological polar surface area (TPSA) is 85.2 Å². The van der Waals surface area contributed by atoms with Crippen LogP contribution < -0.4 is 10.6 Å². The van der Waals surface area contributed by atoms with Crippen LogP contribution in [0.2, 0.25) is 0 Å². The smallest absolute Gasteiger partial charge is 0.315 e. The molecule has 0 radical (unpaired) electrons. The summed E-state index contributed by atoms with van der Waals surface area (Å²) in [7, 11) is 0. The molecule has 0 saturated carbocycles. The molecule has 0 fully saturated rings. The van der Waals surface area contributed by atoms with Gasteiger partial charge >= 0.3 is 6.03 Å². The van der Waals surface area contributed by atoms with Crippen LogP contribution in [0.3, 0.4) is 0 Å². The molecule has 2 aromatic carbocycles. The Labute approximate surface area is 180 Å². The lowest BCUT2D eigenvalue weighted by Gasteiger charge is -2.22. The van der Waals surface area contributed by atoms with Crippen LogP contribution in [0, 0.1) is 18.4 Å². The average molecular weight is 421 g/mol. The molecular formula is C23H24N4O2S. The first kappa shape index (κ1) is 21.3. The van der Waals surface area contributed by atoms with Crippen LogP contribution in [0.5, 0.6) is 0 Å². The molecule has 0 bridgehead atoms. The number of hydrogen-bond donors (Lipinski definition) is 2. The van der Waals surface area contributed by atoms with Crippen molar-refractivity contribution >= 4 is 33.4 Å². The van der Waals surface area contributed by atoms with E-state index >= 15 is 0 Å². The zero-order chi connectivity index (χ0) is 21.5. The first-order valence-electron chi connectivity index (χ1n) is 9.78. The maximum Gasteiger partial charge on any atom is 0.315 e. The van der Waals surface area contributed by atoms with Crippen LogP contribution >= 0.6 is 11.3 Å². The predicted octanol–water partition coefficient (Wildman–Crippen LogP) is 3.95. The summed E-state index contributed by atoms with van der Waals surface area (Å²) >= 11 is 1.60. The van der Waals surface area contributed by atoms with Gasteiger partial charge in [-0.15, -0.1) is 11.3 Å². The maximum absolute atomic E-state index is 12.9. The van der Waals surface area contributed by atoms with Gasteiger partial charge in [0.15, 0.2) is 6.19 Å². The van der Waals surface area contributed by atoms with Crippen molar-refractivity contribution in [3.8, 4) is 6.19 Å². The highest BCUT2D eigenvalue weighted by Gasteiger charge is 2.26. The number of thiophene rings is 1. The fourth-order valence-electron chi connectivity index (χ4n) is 3.29. The summed E-state index contributed by atoms with van der Waals surface area (Å²) in [6.07, 6.45) is 2.22. The van der Waals surface area contributed by atoms with Crippen LogP contribution in [0.4, 0.5) is 4.79 Å². The van der Waals surface area contributed by atoms with Gasteiger partial charge < -0.3 is 10.6 Å². The molecule has 1 aromatic heterocycles. The van der Waals surface area contributed by atoms with Crippen molar-refractivity contribution in [2.24, 2.45) is 0 Å². The van der Waals surface area contributed by atoms with Crippen molar-refractivity contribution < 1.29 is 9.59 Å². The number of benzene rings is 2. The van der Waals surface area contributed by atoms with E-state index in [1.807, 2.05) is 67.0 Å². The van der Waals surface area contributed by atoms with Gasteiger partial charge in [0.25, 0.3) is 5.91 Å². The molecule has 1 heterocycles. The van der Waals surface area contributed by atoms with E-state index in [0.717, 1.165) is 31.7 Å². The number of likely N-dealkylation sites (N-methyl/N-ethyl adjacent to an activating group) is 1. The second-order valence-electron chi connectivity index (χ2n) is 7.01. The predicted molar refractivity (Wildman–Crippen MR) is 119 cm³/mol. The third-order valence-electron chi connectivity index (χ3n) is 4.83. The molecule has 154 valence electrons. The lowest BCUT2D eigenvalue weighted by molar-refractivity contribution is -0.129. The molecule has 3 rings (SSSR count). The Hall–Kier alpha value is -3.37. The lowest BCUT2D eigenvalue weighted by atomic mass is 10.0. The summed E-state index contributed by atoms with van der Waals surface area (Å²) < 4.78 is 1.12. The van der Waals surface area contributed by atoms with E-state index in [1.165, 1.54) is 0 Å². The molecule has 0 aliphatic rings. The summed E-state index contributed by atoms with van der Waals surface area (Å²) in [6.45, 7) is 4.33. The zero-order valence-corrected chi connectivity index (χ0v) is 17.8. The number of nitriles is 1. The number of nitrogens with one attached hydrogen (secondary N) is 2. The van der Waals surface area contributed by atoms with E-state index < -0.39 is 18.0 Å². The quantitative estimate of drug-likeness (QED) is 0.448. The molecular weight excluding hydrogens is 396 g/mol. The van der Waals surface area contributed by atoms with E-state index in [9.17, 15) is 14.9 Å². The monoisotopic (exact) mass is 420 g/mol. The fourth-order valence-corrected chi connectivity index (χ4v) is 4.26. The normalized spacial score (nSPS) is 11.5. The van der Waals surface area contributed by atoms with Crippen molar-refractivity contribution in [1.82, 2.24) is 15.5 Å². The van der Waals surface area contributed by atoms with E-state index in [-0.39, 0.29) is 6.54 Å². The molecule has 1 atom stereocenters. The van der Waals surface area contributed by atoms with Gasteiger partial charge in [-0.2, -0.15) is 5.26 Å². The third-order valence-corrected chi connectivity index (χ3v) is 5.84. The molecule has 2 N–H and O–H groups in total. The number of fused-ring (bicyclic) bond motifs is 1. The van der Waals surface area contributed by atoms with Crippen molar-refractivity contribution in [2.45, 2.75) is 32.9 Å². The second kappa shape index (κ2) is 9.90. The van der Waals surface area contributed by atoms with Gasteiger partial charge in [-0.25, -0.2) is 9.69 Å². The summed E-state index contributed by atoms with van der Waals surface area (Å²) in [4.78, 5) is 26.5. The van der Waals surface area contributed by atoms with Crippen molar-refractivity contribution in [2.75, 3.05) is 6.54 Å². The largest absolute Gasteiger partial charge is 0.334 e. The van der Waals surface area contributed by atoms with Crippen LogP contribution in [0.15, 0.2) is 53.9 Å². The molecule has 0 spiro atoms. The van der Waals surface area contributed by atoms with Gasteiger partial charge in [-0.1, -0.05) is 48.0 Å². The Morgan fingerprint density at radius 2 is 2.00 bits per heavy atom. The van der Waals surface area contributed by atoms with Gasteiger partial charge in [0.1, 0.15) is 6.04 Å². The van der Waals surface area contributed by atoms with E-state index in [0.29, 0.717) is 13.0 Å². The summed E-state index contributed by atoms with van der Waals surface area (Å²) in [5, 5.41) is 17.9. The fraction of sp³-hybridized carbons (Fsp3) is 0.261. The number of carbonyl (C=O) groups is 2. The molecule has 0 aliphatic carbocycles. The van der Waals surface area contributed by atoms with Gasteiger partial charge in [0, 0.05) is 24.2 Å². The number of aryl methyl sites for hydroxylation is 1. The number of nitrogens with zero attached hydrogens (tertiary/aromatic N) is 2. The number of carbonyl (C=O) groups excluding carboxylic acids is 2. The SMILES string of the molecule is CCN(C#N)C(=O)C(Cc1csc2ccccc12)NC(=O)NCc1cccc(C)c1. The van der Waals surface area contributed by atoms with Crippen LogP contribution in [-0.4, -0.2) is 29.4 Å². The molecule has 3 aromatic rings. The lowest BCUT2D eigenvalue weighted by Crippen LogP contribution is -2.51. The van der Waals surface area contributed by atoms with Gasteiger partial charge in [0.2, 0.25) is 0 Å². The van der Waals surface area contributed by atoms with E-state index in [1.54, 1.807) is 18.3 Å². The van der Waals surface area contributed by atoms with Gasteiger partial charge in [-0.05, 0) is 41.8 Å². The molecule has 6 nitrogen and oxygen atoms in total. The van der Waals surface area contributed by atoms with Crippen LogP contribution in [-0.2, 0) is 17.8 Å². The Morgan fingerprint density at radius 3 is 2.73 bits per heavy atom. The highest BCUT2D eigenvalue weighted by Crippen LogP contribution is 2.26. The maximum atomic E-state index is 12.9. The molecule has 1 unspecified atom stereocenters. The number of urea groups is 1. The van der Waals surface area contributed by atoms with E-state index in [2.05, 4.69) is 10.6 Å². The summed E-state index contributed by atoms with van der Waals surface area (Å²) in [6, 6.07) is 14.5. The number of amides is 3. The molecule has 0 aliphatic heterocycles. The highest BCUT2D eigenvalue weighted by atomic mass is 32.1. The first-order valence-corrected chi connectivity index (χ1v) is 10.7. The van der Waals surface area contributed by atoms with Crippen molar-refractivity contribution in [3.05, 3.63) is 70.6 Å². The summed E-state index contributed by atoms with van der Waals surface area (Å²) in [5.74, 6) is -0.416. The molecule has 3 amide bonds. The summed E-state index contributed by atoms with van der Waals surface area (Å²) in [5.41, 5.74) is 3.06. The van der Waals surface area contributed by atoms with Gasteiger partial charge in [0.05, 0.1) is 0 Å². The van der Waals surface area contributed by atoms with Crippen molar-refractivity contribution in [1.29, 1.82) is 5.26 Å². The third kappa shape index (κ3) is 5.16. The Morgan fingerprint density at radius 1 is 1.20 bits per heavy atom. The first-order chi connectivity index (χ1) is 14.5. The number of hydrogen-bond acceptors (Lipinski definition) is 4. The Balaban J connectivity index is 1.74. The minimum absolute atomic E-state index is 0.253. The minimum Gasteiger partial charge on any atom is -0.334 e. The number of rotatable bonds is 7. The second-order valence-corrected chi connectivity index (χ2v) is 7.92. The zero-order valence-electron chi connectivity index (χ0n) is 17.0. The van der Waals surface area contributed by atoms with Crippen LogP contribution in [0.1, 0.15) is 23.6 Å². The molecule has 7 heteroatoms.